The van der Waals surface area contributed by atoms with Gasteiger partial charge in [-0.1, -0.05) is 26.0 Å². The molecule has 1 fully saturated rings. The Labute approximate surface area is 203 Å². The zero-order valence-corrected chi connectivity index (χ0v) is 21.5. The summed E-state index contributed by atoms with van der Waals surface area (Å²) in [7, 11) is -0.671. The van der Waals surface area contributed by atoms with Crippen LogP contribution in [0.5, 0.6) is 11.5 Å². The van der Waals surface area contributed by atoms with E-state index in [1.54, 1.807) is 31.4 Å². The van der Waals surface area contributed by atoms with Gasteiger partial charge in [-0.05, 0) is 79.8 Å². The van der Waals surface area contributed by atoms with E-state index in [1.165, 1.54) is 7.11 Å². The van der Waals surface area contributed by atoms with Crippen LogP contribution in [0.3, 0.4) is 0 Å². The number of sulfonamides is 1. The number of benzene rings is 2. The summed E-state index contributed by atoms with van der Waals surface area (Å²) in [4.78, 5) is 12.8. The van der Waals surface area contributed by atoms with Gasteiger partial charge in [0.05, 0.1) is 19.8 Å². The predicted octanol–water partition coefficient (Wildman–Crippen LogP) is 4.40. The molecule has 34 heavy (non-hydrogen) atoms. The molecule has 0 heterocycles. The molecule has 0 aliphatic heterocycles. The molecule has 0 atom stereocenters. The zero-order chi connectivity index (χ0) is 24.9. The molecule has 1 saturated carbocycles. The van der Waals surface area contributed by atoms with Gasteiger partial charge in [-0.15, -0.1) is 0 Å². The fourth-order valence-corrected chi connectivity index (χ4v) is 5.88. The maximum Gasteiger partial charge on any atom is 0.255 e. The van der Waals surface area contributed by atoms with Crippen molar-refractivity contribution < 1.29 is 22.7 Å². The minimum atomic E-state index is -3.71. The normalized spacial score (nSPS) is 18.5. The van der Waals surface area contributed by atoms with Gasteiger partial charge in [-0.25, -0.2) is 13.1 Å². The van der Waals surface area contributed by atoms with Crippen LogP contribution in [0.2, 0.25) is 0 Å². The fraction of sp³-hybridized carbons (Fsp3) is 0.500. The van der Waals surface area contributed by atoms with E-state index in [-0.39, 0.29) is 28.7 Å². The SMILES string of the molecule is COc1ccccc1C(=O)NC1CCC(CNS(=O)(=O)c2cc(C(C)C)c(C)cc2OC)CC1. The van der Waals surface area contributed by atoms with Crippen LogP contribution >= 0.6 is 0 Å². The highest BCUT2D eigenvalue weighted by Crippen LogP contribution is 2.32. The van der Waals surface area contributed by atoms with Crippen molar-refractivity contribution in [3.63, 3.8) is 0 Å². The number of rotatable bonds is 9. The third kappa shape index (κ3) is 6.10. The Kier molecular flexibility index (Phi) is 8.60. The Hall–Kier alpha value is -2.58. The molecule has 0 saturated heterocycles. The molecule has 0 spiro atoms. The van der Waals surface area contributed by atoms with E-state index in [0.717, 1.165) is 36.8 Å². The highest BCUT2D eigenvalue weighted by Gasteiger charge is 2.27. The molecule has 1 aliphatic rings. The molecule has 2 aromatic rings. The van der Waals surface area contributed by atoms with Crippen molar-refractivity contribution in [3.8, 4) is 11.5 Å². The molecule has 1 amide bonds. The van der Waals surface area contributed by atoms with Crippen LogP contribution in [-0.2, 0) is 10.0 Å². The molecule has 8 heteroatoms. The first kappa shape index (κ1) is 26.0. The van der Waals surface area contributed by atoms with E-state index in [0.29, 0.717) is 23.6 Å². The monoisotopic (exact) mass is 488 g/mol. The lowest BCUT2D eigenvalue weighted by molar-refractivity contribution is 0.0919. The Morgan fingerprint density at radius 1 is 1.03 bits per heavy atom. The van der Waals surface area contributed by atoms with Crippen molar-refractivity contribution in [2.24, 2.45) is 5.92 Å². The molecule has 0 aromatic heterocycles. The number of amides is 1. The summed E-state index contributed by atoms with van der Waals surface area (Å²) >= 11 is 0. The van der Waals surface area contributed by atoms with Gasteiger partial charge in [0.1, 0.15) is 16.4 Å². The van der Waals surface area contributed by atoms with E-state index in [4.69, 9.17) is 9.47 Å². The Morgan fingerprint density at radius 2 is 1.68 bits per heavy atom. The molecule has 3 rings (SSSR count). The highest BCUT2D eigenvalue weighted by molar-refractivity contribution is 7.89. The van der Waals surface area contributed by atoms with Crippen molar-refractivity contribution >= 4 is 15.9 Å². The predicted molar refractivity (Wildman–Crippen MR) is 133 cm³/mol. The number of aryl methyl sites for hydroxylation is 1. The average Bonchev–Trinajstić information content (AvgIpc) is 2.82. The van der Waals surface area contributed by atoms with Gasteiger partial charge in [0, 0.05) is 12.6 Å². The third-order valence-corrected chi connectivity index (χ3v) is 8.00. The van der Waals surface area contributed by atoms with Crippen molar-refractivity contribution in [3.05, 3.63) is 53.1 Å². The van der Waals surface area contributed by atoms with E-state index in [2.05, 4.69) is 10.0 Å². The molecule has 1 aliphatic carbocycles. The largest absolute Gasteiger partial charge is 0.496 e. The summed E-state index contributed by atoms with van der Waals surface area (Å²) < 4.78 is 39.7. The first-order chi connectivity index (χ1) is 16.2. The van der Waals surface area contributed by atoms with Crippen LogP contribution in [0.1, 0.15) is 66.9 Å². The second-order valence-corrected chi connectivity index (χ2v) is 11.0. The molecule has 0 radical (unpaired) electrons. The van der Waals surface area contributed by atoms with E-state index >= 15 is 0 Å². The van der Waals surface area contributed by atoms with Crippen LogP contribution in [0.25, 0.3) is 0 Å². The number of methoxy groups -OCH3 is 2. The summed E-state index contributed by atoms with van der Waals surface area (Å²) in [6.45, 7) is 6.42. The Bertz CT molecular complexity index is 1110. The summed E-state index contributed by atoms with van der Waals surface area (Å²) in [6.07, 6.45) is 3.28. The average molecular weight is 489 g/mol. The van der Waals surface area contributed by atoms with Gasteiger partial charge < -0.3 is 14.8 Å². The van der Waals surface area contributed by atoms with Crippen LogP contribution in [0, 0.1) is 12.8 Å². The number of carbonyl (C=O) groups is 1. The first-order valence-corrected chi connectivity index (χ1v) is 13.3. The lowest BCUT2D eigenvalue weighted by Crippen LogP contribution is -2.39. The lowest BCUT2D eigenvalue weighted by atomic mass is 9.86. The van der Waals surface area contributed by atoms with Crippen LogP contribution in [-0.4, -0.2) is 41.1 Å². The maximum absolute atomic E-state index is 13.1. The highest BCUT2D eigenvalue weighted by atomic mass is 32.2. The standard InChI is InChI=1S/C26H36N2O5S/c1-17(2)22-15-25(24(33-5)14-18(22)3)34(30,31)27-16-19-10-12-20(13-11-19)28-26(29)21-8-6-7-9-23(21)32-4/h6-9,14-15,17,19-20,27H,10-13,16H2,1-5H3,(H,28,29). The second kappa shape index (κ2) is 11.2. The van der Waals surface area contributed by atoms with E-state index < -0.39 is 10.0 Å². The Balaban J connectivity index is 1.58. The summed E-state index contributed by atoms with van der Waals surface area (Å²) in [6, 6.07) is 10.7. The second-order valence-electron chi connectivity index (χ2n) is 9.26. The van der Waals surface area contributed by atoms with Gasteiger partial charge in [0.25, 0.3) is 5.91 Å². The van der Waals surface area contributed by atoms with E-state index in [1.807, 2.05) is 32.9 Å². The van der Waals surface area contributed by atoms with Gasteiger partial charge in [-0.3, -0.25) is 4.79 Å². The minimum Gasteiger partial charge on any atom is -0.496 e. The summed E-state index contributed by atoms with van der Waals surface area (Å²) in [5.41, 5.74) is 2.53. The number of hydrogen-bond acceptors (Lipinski definition) is 5. The third-order valence-electron chi connectivity index (χ3n) is 6.56. The molecular formula is C26H36N2O5S. The first-order valence-electron chi connectivity index (χ1n) is 11.8. The molecule has 7 nitrogen and oxygen atoms in total. The minimum absolute atomic E-state index is 0.0658. The molecule has 2 aromatic carbocycles. The molecule has 186 valence electrons. The van der Waals surface area contributed by atoms with Crippen molar-refractivity contribution in [2.45, 2.75) is 63.3 Å². The molecule has 0 unspecified atom stereocenters. The van der Waals surface area contributed by atoms with Gasteiger partial charge in [-0.2, -0.15) is 0 Å². The van der Waals surface area contributed by atoms with Gasteiger partial charge in [0.2, 0.25) is 10.0 Å². The number of para-hydroxylation sites is 1. The van der Waals surface area contributed by atoms with Crippen LogP contribution < -0.4 is 19.5 Å². The number of ether oxygens (including phenoxy) is 2. The maximum atomic E-state index is 13.1. The molecule has 0 bridgehead atoms. The lowest BCUT2D eigenvalue weighted by Gasteiger charge is -2.29. The number of carbonyl (C=O) groups excluding carboxylic acids is 1. The van der Waals surface area contributed by atoms with Crippen LogP contribution in [0.15, 0.2) is 41.3 Å². The van der Waals surface area contributed by atoms with Crippen molar-refractivity contribution in [1.82, 2.24) is 10.0 Å². The number of hydrogen-bond donors (Lipinski definition) is 2. The Morgan fingerprint density at radius 3 is 2.29 bits per heavy atom. The fourth-order valence-electron chi connectivity index (χ4n) is 4.58. The summed E-state index contributed by atoms with van der Waals surface area (Å²) in [5.74, 6) is 1.19. The van der Waals surface area contributed by atoms with Gasteiger partial charge in [0.15, 0.2) is 0 Å². The quantitative estimate of drug-likeness (QED) is 0.546. The van der Waals surface area contributed by atoms with Crippen LogP contribution in [0.4, 0.5) is 0 Å². The van der Waals surface area contributed by atoms with E-state index in [9.17, 15) is 13.2 Å². The molecular weight excluding hydrogens is 452 g/mol. The van der Waals surface area contributed by atoms with Gasteiger partial charge >= 0.3 is 0 Å². The zero-order valence-electron chi connectivity index (χ0n) is 20.7. The summed E-state index contributed by atoms with van der Waals surface area (Å²) in [5, 5.41) is 3.09. The topological polar surface area (TPSA) is 93.7 Å². The van der Waals surface area contributed by atoms with Crippen molar-refractivity contribution in [1.29, 1.82) is 0 Å². The smallest absolute Gasteiger partial charge is 0.255 e. The number of nitrogens with one attached hydrogen (secondary N) is 2. The molecule has 2 N–H and O–H groups in total. The van der Waals surface area contributed by atoms with Crippen molar-refractivity contribution in [2.75, 3.05) is 20.8 Å².